The van der Waals surface area contributed by atoms with Crippen molar-refractivity contribution in [2.75, 3.05) is 26.2 Å². The van der Waals surface area contributed by atoms with Crippen molar-refractivity contribution in [2.24, 2.45) is 11.7 Å². The molecule has 0 radical (unpaired) electrons. The SMILES string of the molecule is CCN(CCCCN)CC1CCC1. The van der Waals surface area contributed by atoms with Gasteiger partial charge in [-0.2, -0.15) is 0 Å². The Bertz CT molecular complexity index is 121. The van der Waals surface area contributed by atoms with Crippen LogP contribution in [-0.2, 0) is 0 Å². The second kappa shape index (κ2) is 6.39. The van der Waals surface area contributed by atoms with E-state index in [1.54, 1.807) is 0 Å². The predicted octanol–water partition coefficient (Wildman–Crippen LogP) is 1.85. The van der Waals surface area contributed by atoms with Crippen LogP contribution in [0.3, 0.4) is 0 Å². The molecule has 1 aliphatic rings. The Hall–Kier alpha value is -0.0800. The molecule has 0 amide bonds. The molecule has 1 rings (SSSR count). The molecule has 2 heteroatoms. The molecule has 0 aliphatic heterocycles. The minimum atomic E-state index is 0.848. The number of nitrogens with two attached hydrogens (primary N) is 1. The van der Waals surface area contributed by atoms with Crippen LogP contribution in [0.5, 0.6) is 0 Å². The summed E-state index contributed by atoms with van der Waals surface area (Å²) in [5.41, 5.74) is 5.48. The average molecular weight is 184 g/mol. The third-order valence-electron chi connectivity index (χ3n) is 3.12. The highest BCUT2D eigenvalue weighted by Crippen LogP contribution is 2.26. The predicted molar refractivity (Wildman–Crippen MR) is 57.7 cm³/mol. The largest absolute Gasteiger partial charge is 0.330 e. The number of unbranched alkanes of at least 4 members (excludes halogenated alkanes) is 1. The maximum absolute atomic E-state index is 5.48. The summed E-state index contributed by atoms with van der Waals surface area (Å²) < 4.78 is 0. The van der Waals surface area contributed by atoms with Crippen LogP contribution in [-0.4, -0.2) is 31.1 Å². The van der Waals surface area contributed by atoms with Gasteiger partial charge in [-0.1, -0.05) is 13.3 Å². The van der Waals surface area contributed by atoms with Gasteiger partial charge in [0.05, 0.1) is 0 Å². The van der Waals surface area contributed by atoms with E-state index >= 15 is 0 Å². The molecule has 0 saturated heterocycles. The highest BCUT2D eigenvalue weighted by atomic mass is 15.1. The molecule has 0 aromatic carbocycles. The first-order valence-electron chi connectivity index (χ1n) is 5.79. The van der Waals surface area contributed by atoms with Crippen molar-refractivity contribution < 1.29 is 0 Å². The van der Waals surface area contributed by atoms with E-state index in [0.717, 1.165) is 12.5 Å². The minimum absolute atomic E-state index is 0.848. The van der Waals surface area contributed by atoms with Gasteiger partial charge in [0.2, 0.25) is 0 Å². The average Bonchev–Trinajstić information content (AvgIpc) is 2.08. The standard InChI is InChI=1S/C11H24N2/c1-2-13(9-4-3-8-12)10-11-6-5-7-11/h11H,2-10,12H2,1H3. The molecule has 0 unspecified atom stereocenters. The molecule has 2 N–H and O–H groups in total. The van der Waals surface area contributed by atoms with Crippen LogP contribution >= 0.6 is 0 Å². The first-order valence-corrected chi connectivity index (χ1v) is 5.79. The van der Waals surface area contributed by atoms with Crippen molar-refractivity contribution in [1.82, 2.24) is 4.90 Å². The summed E-state index contributed by atoms with van der Waals surface area (Å²) in [5.74, 6) is 1.01. The highest BCUT2D eigenvalue weighted by Gasteiger charge is 2.19. The Labute approximate surface area is 82.5 Å². The molecular weight excluding hydrogens is 160 g/mol. The van der Waals surface area contributed by atoms with Crippen LogP contribution < -0.4 is 5.73 Å². The summed E-state index contributed by atoms with van der Waals surface area (Å²) in [6, 6.07) is 0. The Kier molecular flexibility index (Phi) is 5.40. The lowest BCUT2D eigenvalue weighted by molar-refractivity contribution is 0.182. The van der Waals surface area contributed by atoms with Crippen molar-refractivity contribution in [3.05, 3.63) is 0 Å². The number of rotatable bonds is 7. The molecule has 1 fully saturated rings. The summed E-state index contributed by atoms with van der Waals surface area (Å²) >= 11 is 0. The monoisotopic (exact) mass is 184 g/mol. The fourth-order valence-electron chi connectivity index (χ4n) is 1.90. The van der Waals surface area contributed by atoms with E-state index in [1.165, 1.54) is 51.7 Å². The summed E-state index contributed by atoms with van der Waals surface area (Å²) in [7, 11) is 0. The molecule has 2 nitrogen and oxygen atoms in total. The lowest BCUT2D eigenvalue weighted by Gasteiger charge is -2.31. The maximum Gasteiger partial charge on any atom is 0.000954 e. The Morgan fingerprint density at radius 1 is 1.31 bits per heavy atom. The van der Waals surface area contributed by atoms with Crippen molar-refractivity contribution in [3.8, 4) is 0 Å². The minimum Gasteiger partial charge on any atom is -0.330 e. The number of hydrogen-bond donors (Lipinski definition) is 1. The first-order chi connectivity index (χ1) is 6.36. The Morgan fingerprint density at radius 2 is 2.08 bits per heavy atom. The van der Waals surface area contributed by atoms with Gasteiger partial charge in [-0.05, 0) is 51.2 Å². The molecular formula is C11H24N2. The van der Waals surface area contributed by atoms with E-state index in [9.17, 15) is 0 Å². The molecule has 1 saturated carbocycles. The van der Waals surface area contributed by atoms with E-state index in [1.807, 2.05) is 0 Å². The summed E-state index contributed by atoms with van der Waals surface area (Å²) in [4.78, 5) is 2.58. The zero-order chi connectivity index (χ0) is 9.52. The van der Waals surface area contributed by atoms with Crippen molar-refractivity contribution in [3.63, 3.8) is 0 Å². The van der Waals surface area contributed by atoms with Crippen LogP contribution in [0, 0.1) is 5.92 Å². The van der Waals surface area contributed by atoms with Gasteiger partial charge < -0.3 is 10.6 Å². The molecule has 0 aromatic rings. The van der Waals surface area contributed by atoms with Gasteiger partial charge in [0.1, 0.15) is 0 Å². The van der Waals surface area contributed by atoms with Crippen LogP contribution in [0.25, 0.3) is 0 Å². The molecule has 0 atom stereocenters. The van der Waals surface area contributed by atoms with Crippen LogP contribution in [0.1, 0.15) is 39.0 Å². The Balaban J connectivity index is 2.03. The van der Waals surface area contributed by atoms with Gasteiger partial charge in [-0.3, -0.25) is 0 Å². The van der Waals surface area contributed by atoms with Gasteiger partial charge in [-0.15, -0.1) is 0 Å². The maximum atomic E-state index is 5.48. The van der Waals surface area contributed by atoms with Gasteiger partial charge in [0, 0.05) is 6.54 Å². The van der Waals surface area contributed by atoms with Crippen molar-refractivity contribution in [1.29, 1.82) is 0 Å². The molecule has 0 bridgehead atoms. The summed E-state index contributed by atoms with van der Waals surface area (Å²) in [6.07, 6.45) is 6.85. The lowest BCUT2D eigenvalue weighted by atomic mass is 9.85. The van der Waals surface area contributed by atoms with E-state index in [2.05, 4.69) is 11.8 Å². The third kappa shape index (κ3) is 4.10. The quantitative estimate of drug-likeness (QED) is 0.612. The van der Waals surface area contributed by atoms with E-state index in [-0.39, 0.29) is 0 Å². The van der Waals surface area contributed by atoms with Crippen LogP contribution in [0.4, 0.5) is 0 Å². The molecule has 1 aliphatic carbocycles. The molecule has 0 heterocycles. The molecule has 0 spiro atoms. The van der Waals surface area contributed by atoms with Crippen LogP contribution in [0.15, 0.2) is 0 Å². The summed E-state index contributed by atoms with van der Waals surface area (Å²) in [6.45, 7) is 6.91. The molecule has 0 aromatic heterocycles. The molecule has 78 valence electrons. The van der Waals surface area contributed by atoms with Crippen molar-refractivity contribution >= 4 is 0 Å². The second-order valence-corrected chi connectivity index (χ2v) is 4.19. The Morgan fingerprint density at radius 3 is 2.54 bits per heavy atom. The zero-order valence-corrected chi connectivity index (χ0v) is 8.97. The topological polar surface area (TPSA) is 29.3 Å². The van der Waals surface area contributed by atoms with E-state index < -0.39 is 0 Å². The lowest BCUT2D eigenvalue weighted by Crippen LogP contribution is -2.33. The van der Waals surface area contributed by atoms with E-state index in [4.69, 9.17) is 5.73 Å². The van der Waals surface area contributed by atoms with Crippen LogP contribution in [0.2, 0.25) is 0 Å². The fraction of sp³-hybridized carbons (Fsp3) is 1.00. The van der Waals surface area contributed by atoms with E-state index in [0.29, 0.717) is 0 Å². The normalized spacial score (nSPS) is 17.8. The zero-order valence-electron chi connectivity index (χ0n) is 8.97. The fourth-order valence-corrected chi connectivity index (χ4v) is 1.90. The second-order valence-electron chi connectivity index (χ2n) is 4.19. The smallest absolute Gasteiger partial charge is 0.000954 e. The van der Waals surface area contributed by atoms with Gasteiger partial charge in [0.25, 0.3) is 0 Å². The van der Waals surface area contributed by atoms with Crippen molar-refractivity contribution in [2.45, 2.75) is 39.0 Å². The number of nitrogens with zero attached hydrogens (tertiary/aromatic N) is 1. The van der Waals surface area contributed by atoms with Gasteiger partial charge >= 0.3 is 0 Å². The van der Waals surface area contributed by atoms with Gasteiger partial charge in [0.15, 0.2) is 0 Å². The molecule has 13 heavy (non-hydrogen) atoms. The third-order valence-corrected chi connectivity index (χ3v) is 3.12. The number of hydrogen-bond acceptors (Lipinski definition) is 2. The first kappa shape index (κ1) is 11.0. The van der Waals surface area contributed by atoms with Gasteiger partial charge in [-0.25, -0.2) is 0 Å². The summed E-state index contributed by atoms with van der Waals surface area (Å²) in [5, 5.41) is 0. The highest BCUT2D eigenvalue weighted by molar-refractivity contribution is 4.73.